The van der Waals surface area contributed by atoms with Gasteiger partial charge in [-0.3, -0.25) is 0 Å². The van der Waals surface area contributed by atoms with Crippen molar-refractivity contribution in [2.24, 2.45) is 10.9 Å². The van der Waals surface area contributed by atoms with Crippen LogP contribution in [0, 0.1) is 5.92 Å². The monoisotopic (exact) mass is 489 g/mol. The van der Waals surface area contributed by atoms with Crippen molar-refractivity contribution in [3.8, 4) is 5.75 Å². The zero-order chi connectivity index (χ0) is 18.8. The van der Waals surface area contributed by atoms with Gasteiger partial charge in [0.1, 0.15) is 5.75 Å². The lowest BCUT2D eigenvalue weighted by Crippen LogP contribution is -2.47. The number of halogens is 1. The summed E-state index contributed by atoms with van der Waals surface area (Å²) in [5.41, 5.74) is 1.20. The average Bonchev–Trinajstić information content (AvgIpc) is 2.65. The molecule has 0 radical (unpaired) electrons. The zero-order valence-corrected chi connectivity index (χ0v) is 19.6. The summed E-state index contributed by atoms with van der Waals surface area (Å²) in [6.07, 6.45) is 2.54. The Bertz CT molecular complexity index is 541. The van der Waals surface area contributed by atoms with Crippen molar-refractivity contribution in [1.82, 2.24) is 10.2 Å². The molecule has 1 N–H and O–H groups in total. The molecule has 5 nitrogen and oxygen atoms in total. The molecule has 1 saturated heterocycles. The van der Waals surface area contributed by atoms with Gasteiger partial charge in [0.05, 0.1) is 19.3 Å². The maximum atomic E-state index is 5.75. The molecule has 6 heteroatoms. The summed E-state index contributed by atoms with van der Waals surface area (Å²) in [4.78, 5) is 7.18. The second-order valence-corrected chi connectivity index (χ2v) is 7.16. The summed E-state index contributed by atoms with van der Waals surface area (Å²) < 4.78 is 11.5. The van der Waals surface area contributed by atoms with E-state index in [0.717, 1.165) is 57.4 Å². The number of likely N-dealkylation sites (tertiary alicyclic amines) is 1. The molecule has 27 heavy (non-hydrogen) atoms. The molecular formula is C21H36IN3O2. The van der Waals surface area contributed by atoms with Crippen LogP contribution in [-0.2, 0) is 11.3 Å². The summed E-state index contributed by atoms with van der Waals surface area (Å²) >= 11 is 0. The van der Waals surface area contributed by atoms with Gasteiger partial charge in [-0.1, -0.05) is 26.0 Å². The maximum absolute atomic E-state index is 5.75. The lowest BCUT2D eigenvalue weighted by Gasteiger charge is -2.34. The van der Waals surface area contributed by atoms with Gasteiger partial charge in [-0.15, -0.1) is 24.0 Å². The van der Waals surface area contributed by atoms with Crippen LogP contribution in [0.25, 0.3) is 0 Å². The number of benzene rings is 1. The first-order chi connectivity index (χ1) is 12.6. The van der Waals surface area contributed by atoms with Crippen LogP contribution in [-0.4, -0.2) is 49.8 Å². The molecule has 1 heterocycles. The fourth-order valence-corrected chi connectivity index (χ4v) is 3.02. The highest BCUT2D eigenvalue weighted by molar-refractivity contribution is 14.0. The smallest absolute Gasteiger partial charge is 0.194 e. The van der Waals surface area contributed by atoms with Crippen LogP contribution in [0.1, 0.15) is 46.1 Å². The average molecular weight is 489 g/mol. The molecule has 0 spiro atoms. The fourth-order valence-electron chi connectivity index (χ4n) is 3.02. The third-order valence-electron chi connectivity index (χ3n) is 4.40. The van der Waals surface area contributed by atoms with Gasteiger partial charge in [-0.05, 0) is 50.3 Å². The van der Waals surface area contributed by atoms with Crippen LogP contribution in [0.4, 0.5) is 0 Å². The van der Waals surface area contributed by atoms with Crippen LogP contribution in [0.3, 0.4) is 0 Å². The Morgan fingerprint density at radius 2 is 1.85 bits per heavy atom. The van der Waals surface area contributed by atoms with Crippen LogP contribution in [0.2, 0.25) is 0 Å². The third kappa shape index (κ3) is 8.68. The molecule has 0 atom stereocenters. The summed E-state index contributed by atoms with van der Waals surface area (Å²) in [5.74, 6) is 2.47. The maximum Gasteiger partial charge on any atom is 0.194 e. The van der Waals surface area contributed by atoms with Crippen LogP contribution in [0.15, 0.2) is 29.3 Å². The normalized spacial score (nSPS) is 15.6. The zero-order valence-electron chi connectivity index (χ0n) is 17.2. The van der Waals surface area contributed by atoms with Crippen molar-refractivity contribution in [2.75, 3.05) is 32.8 Å². The molecule has 1 aliphatic heterocycles. The topological polar surface area (TPSA) is 46.1 Å². The molecule has 1 aliphatic rings. The van der Waals surface area contributed by atoms with E-state index >= 15 is 0 Å². The van der Waals surface area contributed by atoms with Gasteiger partial charge >= 0.3 is 0 Å². The first-order valence-electron chi connectivity index (χ1n) is 9.99. The molecule has 0 saturated carbocycles. The number of aliphatic imine (C=N–C) groups is 1. The Morgan fingerprint density at radius 3 is 2.41 bits per heavy atom. The number of hydrogen-bond donors (Lipinski definition) is 1. The lowest BCUT2D eigenvalue weighted by molar-refractivity contribution is 0.0263. The molecule has 154 valence electrons. The van der Waals surface area contributed by atoms with Gasteiger partial charge in [-0.2, -0.15) is 0 Å². The quantitative estimate of drug-likeness (QED) is 0.336. The first-order valence-corrected chi connectivity index (χ1v) is 9.99. The van der Waals surface area contributed by atoms with Crippen molar-refractivity contribution in [3.63, 3.8) is 0 Å². The van der Waals surface area contributed by atoms with E-state index in [4.69, 9.17) is 14.5 Å². The van der Waals surface area contributed by atoms with Crippen molar-refractivity contribution in [1.29, 1.82) is 0 Å². The summed E-state index contributed by atoms with van der Waals surface area (Å²) in [7, 11) is 0. The first kappa shape index (κ1) is 24.0. The highest BCUT2D eigenvalue weighted by Gasteiger charge is 2.21. The molecule has 0 aromatic heterocycles. The van der Waals surface area contributed by atoms with E-state index < -0.39 is 0 Å². The minimum atomic E-state index is 0. The van der Waals surface area contributed by atoms with Crippen LogP contribution in [0.5, 0.6) is 5.75 Å². The largest absolute Gasteiger partial charge is 0.493 e. The van der Waals surface area contributed by atoms with E-state index in [-0.39, 0.29) is 24.0 Å². The number of guanidine groups is 1. The fraction of sp³-hybridized carbons (Fsp3) is 0.667. The van der Waals surface area contributed by atoms with Gasteiger partial charge in [0.15, 0.2) is 5.96 Å². The van der Waals surface area contributed by atoms with E-state index in [2.05, 4.69) is 50.0 Å². The molecule has 2 rings (SSSR count). The van der Waals surface area contributed by atoms with E-state index in [1.807, 2.05) is 12.1 Å². The van der Waals surface area contributed by atoms with Crippen molar-refractivity contribution >= 4 is 29.9 Å². The van der Waals surface area contributed by atoms with Crippen LogP contribution >= 0.6 is 24.0 Å². The Kier molecular flexibility index (Phi) is 11.7. The van der Waals surface area contributed by atoms with Gasteiger partial charge in [0.2, 0.25) is 0 Å². The van der Waals surface area contributed by atoms with E-state index in [0.29, 0.717) is 18.6 Å². The number of hydrogen-bond acceptors (Lipinski definition) is 3. The second-order valence-electron chi connectivity index (χ2n) is 7.16. The highest BCUT2D eigenvalue weighted by Crippen LogP contribution is 2.16. The minimum Gasteiger partial charge on any atom is -0.493 e. The number of rotatable bonds is 8. The Labute approximate surface area is 181 Å². The van der Waals surface area contributed by atoms with Gasteiger partial charge in [0.25, 0.3) is 0 Å². The number of piperidine rings is 1. The van der Waals surface area contributed by atoms with Crippen molar-refractivity contribution in [3.05, 3.63) is 29.8 Å². The lowest BCUT2D eigenvalue weighted by atomic mass is 10.1. The Morgan fingerprint density at radius 1 is 1.19 bits per heavy atom. The summed E-state index contributed by atoms with van der Waals surface area (Å²) in [5, 5.41) is 3.42. The van der Waals surface area contributed by atoms with Gasteiger partial charge < -0.3 is 19.7 Å². The predicted octanol–water partition coefficient (Wildman–Crippen LogP) is 4.31. The second kappa shape index (κ2) is 13.2. The van der Waals surface area contributed by atoms with Crippen molar-refractivity contribution in [2.45, 2.75) is 53.2 Å². The highest BCUT2D eigenvalue weighted by atomic mass is 127. The van der Waals surface area contributed by atoms with Gasteiger partial charge in [-0.25, -0.2) is 4.99 Å². The minimum absolute atomic E-state index is 0. The molecular weight excluding hydrogens is 453 g/mol. The molecule has 0 unspecified atom stereocenters. The van der Waals surface area contributed by atoms with E-state index in [1.165, 1.54) is 5.56 Å². The summed E-state index contributed by atoms with van der Waals surface area (Å²) in [6.45, 7) is 13.6. The van der Waals surface area contributed by atoms with Gasteiger partial charge in [0, 0.05) is 26.2 Å². The number of ether oxygens (including phenoxy) is 2. The molecule has 0 aliphatic carbocycles. The number of nitrogens with one attached hydrogen (secondary N) is 1. The van der Waals surface area contributed by atoms with E-state index in [1.54, 1.807) is 0 Å². The third-order valence-corrected chi connectivity index (χ3v) is 4.40. The molecule has 1 fully saturated rings. The predicted molar refractivity (Wildman–Crippen MR) is 123 cm³/mol. The van der Waals surface area contributed by atoms with E-state index in [9.17, 15) is 0 Å². The SMILES string of the molecule is CCNC(=NCc1ccc(OCC(C)C)cc1)N1CCC(OCC)CC1.I. The summed E-state index contributed by atoms with van der Waals surface area (Å²) in [6, 6.07) is 8.27. The molecule has 1 aromatic carbocycles. The number of nitrogens with zero attached hydrogens (tertiary/aromatic N) is 2. The molecule has 1 aromatic rings. The molecule has 0 bridgehead atoms. The standard InChI is InChI=1S/C21H35N3O2.HI/c1-5-22-21(24-13-11-20(12-14-24)25-6-2)23-15-18-7-9-19(10-8-18)26-16-17(3)4;/h7-10,17,20H,5-6,11-16H2,1-4H3,(H,22,23);1H. The van der Waals surface area contributed by atoms with Crippen LogP contribution < -0.4 is 10.1 Å². The Balaban J connectivity index is 0.00000364. The molecule has 0 amide bonds. The van der Waals surface area contributed by atoms with Crippen molar-refractivity contribution < 1.29 is 9.47 Å². The Hall–Kier alpha value is -1.02.